The molecular weight excluding hydrogens is 486 g/mol. The van der Waals surface area contributed by atoms with Gasteiger partial charge in [-0.05, 0) is 104 Å². The monoisotopic (exact) mass is 543 g/mol. The number of allylic oxidation sites excluding steroid dienone is 1. The summed E-state index contributed by atoms with van der Waals surface area (Å²) in [6, 6.07) is 0. The van der Waals surface area contributed by atoms with E-state index in [9.17, 15) is 9.59 Å². The molecule has 0 bridgehead atoms. The van der Waals surface area contributed by atoms with Gasteiger partial charge in [0, 0.05) is 6.42 Å². The van der Waals surface area contributed by atoms with Gasteiger partial charge in [0.2, 0.25) is 0 Å². The zero-order chi connectivity index (χ0) is 28.2. The standard InChI is InChI=1S/C34H57NO4/c1-23(2)8-6-9-24(3)28-12-13-29-27-11-10-25-22-26(39-32(37)15-14-31(36)38-21-7-20-35)16-18-33(25,4)30(27)17-19-34(28,29)5/h10,23-24,26-30H,6-9,11-22,35H2,1-5H3/t24-,26+,27+,28-,29+,30+,33+,34-/m1/s1. The van der Waals surface area contributed by atoms with E-state index >= 15 is 0 Å². The number of carbonyl (C=O) groups excluding carboxylic acids is 2. The van der Waals surface area contributed by atoms with Crippen molar-refractivity contribution in [3.8, 4) is 0 Å². The summed E-state index contributed by atoms with van der Waals surface area (Å²) in [6.45, 7) is 13.3. The summed E-state index contributed by atoms with van der Waals surface area (Å²) < 4.78 is 11.0. The SMILES string of the molecule is CC(C)CCC[C@@H](C)[C@H]1CC[C@H]2[C@@H]3CC=C4C[C@@H](OC(=O)CCC(=O)OCCCN)CC[C@]4(C)[C@H]3CC[C@]12C. The van der Waals surface area contributed by atoms with E-state index < -0.39 is 0 Å². The fourth-order valence-electron chi connectivity index (χ4n) is 9.54. The summed E-state index contributed by atoms with van der Waals surface area (Å²) >= 11 is 0. The molecule has 4 aliphatic rings. The molecule has 0 aliphatic heterocycles. The smallest absolute Gasteiger partial charge is 0.306 e. The number of hydrogen-bond acceptors (Lipinski definition) is 5. The van der Waals surface area contributed by atoms with Crippen molar-refractivity contribution in [2.24, 2.45) is 52.1 Å². The second-order valence-corrected chi connectivity index (χ2v) is 14.5. The Morgan fingerprint density at radius 1 is 0.974 bits per heavy atom. The molecule has 0 radical (unpaired) electrons. The third-order valence-corrected chi connectivity index (χ3v) is 11.7. The number of nitrogens with two attached hydrogens (primary N) is 1. The van der Waals surface area contributed by atoms with Crippen LogP contribution < -0.4 is 5.73 Å². The average Bonchev–Trinajstić information content (AvgIpc) is 3.25. The van der Waals surface area contributed by atoms with Crippen molar-refractivity contribution in [1.29, 1.82) is 0 Å². The fraction of sp³-hybridized carbons (Fsp3) is 0.882. The van der Waals surface area contributed by atoms with Gasteiger partial charge in [0.05, 0.1) is 19.4 Å². The zero-order valence-corrected chi connectivity index (χ0v) is 25.6. The van der Waals surface area contributed by atoms with Gasteiger partial charge in [0.1, 0.15) is 6.10 Å². The summed E-state index contributed by atoms with van der Waals surface area (Å²) in [7, 11) is 0. The van der Waals surface area contributed by atoms with Gasteiger partial charge in [-0.2, -0.15) is 0 Å². The van der Waals surface area contributed by atoms with Gasteiger partial charge in [0.25, 0.3) is 0 Å². The van der Waals surface area contributed by atoms with Gasteiger partial charge in [0.15, 0.2) is 0 Å². The van der Waals surface area contributed by atoms with Gasteiger partial charge in [-0.25, -0.2) is 0 Å². The molecule has 3 saturated carbocycles. The van der Waals surface area contributed by atoms with E-state index in [4.69, 9.17) is 15.2 Å². The molecule has 5 heteroatoms. The largest absolute Gasteiger partial charge is 0.466 e. The lowest BCUT2D eigenvalue weighted by atomic mass is 9.47. The van der Waals surface area contributed by atoms with Gasteiger partial charge in [-0.3, -0.25) is 9.59 Å². The van der Waals surface area contributed by atoms with Crippen LogP contribution in [0.1, 0.15) is 125 Å². The summed E-state index contributed by atoms with van der Waals surface area (Å²) in [4.78, 5) is 24.3. The first-order valence-corrected chi connectivity index (χ1v) is 16.3. The molecule has 2 N–H and O–H groups in total. The summed E-state index contributed by atoms with van der Waals surface area (Å²) in [5.74, 6) is 4.38. The van der Waals surface area contributed by atoms with Crippen LogP contribution in [0.25, 0.3) is 0 Å². The van der Waals surface area contributed by atoms with Crippen LogP contribution in [-0.4, -0.2) is 31.2 Å². The molecular formula is C34H57NO4. The van der Waals surface area contributed by atoms with Crippen LogP contribution in [0.15, 0.2) is 11.6 Å². The van der Waals surface area contributed by atoms with Crippen LogP contribution >= 0.6 is 0 Å². The van der Waals surface area contributed by atoms with Crippen molar-refractivity contribution in [2.75, 3.05) is 13.2 Å². The highest BCUT2D eigenvalue weighted by molar-refractivity contribution is 5.77. The maximum Gasteiger partial charge on any atom is 0.306 e. The van der Waals surface area contributed by atoms with Crippen molar-refractivity contribution >= 4 is 11.9 Å². The Balaban J connectivity index is 1.32. The average molecular weight is 544 g/mol. The molecule has 0 amide bonds. The van der Waals surface area contributed by atoms with Crippen molar-refractivity contribution in [3.63, 3.8) is 0 Å². The second-order valence-electron chi connectivity index (χ2n) is 14.5. The Labute approximate surface area is 238 Å². The molecule has 0 aromatic rings. The van der Waals surface area contributed by atoms with E-state index in [1.165, 1.54) is 56.9 Å². The summed E-state index contributed by atoms with van der Waals surface area (Å²) in [5, 5.41) is 0. The highest BCUT2D eigenvalue weighted by atomic mass is 16.5. The topological polar surface area (TPSA) is 78.6 Å². The van der Waals surface area contributed by atoms with E-state index in [1.54, 1.807) is 0 Å². The Kier molecular flexibility index (Phi) is 10.3. The number of rotatable bonds is 12. The quantitative estimate of drug-likeness (QED) is 0.156. The highest BCUT2D eigenvalue weighted by Gasteiger charge is 2.59. The Hall–Kier alpha value is -1.36. The van der Waals surface area contributed by atoms with Crippen LogP contribution in [0.2, 0.25) is 0 Å². The predicted molar refractivity (Wildman–Crippen MR) is 157 cm³/mol. The summed E-state index contributed by atoms with van der Waals surface area (Å²) in [6.07, 6.45) is 17.2. The van der Waals surface area contributed by atoms with Crippen LogP contribution in [-0.2, 0) is 19.1 Å². The third kappa shape index (κ3) is 6.76. The van der Waals surface area contributed by atoms with Crippen molar-refractivity contribution < 1.29 is 19.1 Å². The van der Waals surface area contributed by atoms with E-state index in [0.717, 1.165) is 54.8 Å². The summed E-state index contributed by atoms with van der Waals surface area (Å²) in [5.41, 5.74) is 7.73. The van der Waals surface area contributed by atoms with Crippen molar-refractivity contribution in [3.05, 3.63) is 11.6 Å². The first-order valence-electron chi connectivity index (χ1n) is 16.3. The molecule has 0 saturated heterocycles. The number of esters is 2. The molecule has 222 valence electrons. The minimum atomic E-state index is -0.346. The third-order valence-electron chi connectivity index (χ3n) is 11.7. The first kappa shape index (κ1) is 30.6. The maximum atomic E-state index is 12.5. The second kappa shape index (κ2) is 13.1. The van der Waals surface area contributed by atoms with E-state index in [1.807, 2.05) is 0 Å². The molecule has 4 rings (SSSR count). The van der Waals surface area contributed by atoms with Crippen LogP contribution in [0, 0.1) is 46.3 Å². The molecule has 0 spiro atoms. The van der Waals surface area contributed by atoms with E-state index in [-0.39, 0.29) is 36.3 Å². The molecule has 0 aromatic heterocycles. The molecule has 39 heavy (non-hydrogen) atoms. The van der Waals surface area contributed by atoms with Gasteiger partial charge < -0.3 is 15.2 Å². The molecule has 0 heterocycles. The highest BCUT2D eigenvalue weighted by Crippen LogP contribution is 2.67. The normalized spacial score (nSPS) is 36.4. The number of ether oxygens (including phenoxy) is 2. The lowest BCUT2D eigenvalue weighted by Gasteiger charge is -2.58. The molecule has 0 unspecified atom stereocenters. The lowest BCUT2D eigenvalue weighted by Crippen LogP contribution is -2.51. The van der Waals surface area contributed by atoms with Crippen LogP contribution in [0.5, 0.6) is 0 Å². The Morgan fingerprint density at radius 2 is 1.74 bits per heavy atom. The van der Waals surface area contributed by atoms with Gasteiger partial charge in [-0.15, -0.1) is 0 Å². The number of carbonyl (C=O) groups is 2. The van der Waals surface area contributed by atoms with Crippen LogP contribution in [0.4, 0.5) is 0 Å². The van der Waals surface area contributed by atoms with Gasteiger partial charge >= 0.3 is 11.9 Å². The fourth-order valence-corrected chi connectivity index (χ4v) is 9.54. The van der Waals surface area contributed by atoms with E-state index in [0.29, 0.717) is 25.0 Å². The minimum Gasteiger partial charge on any atom is -0.466 e. The Bertz CT molecular complexity index is 882. The molecule has 0 aromatic carbocycles. The lowest BCUT2D eigenvalue weighted by molar-refractivity contribution is -0.155. The van der Waals surface area contributed by atoms with Crippen LogP contribution in [0.3, 0.4) is 0 Å². The van der Waals surface area contributed by atoms with Crippen molar-refractivity contribution in [2.45, 2.75) is 131 Å². The molecule has 8 atom stereocenters. The minimum absolute atomic E-state index is 0.0574. The zero-order valence-electron chi connectivity index (χ0n) is 25.6. The first-order chi connectivity index (χ1) is 18.6. The Morgan fingerprint density at radius 3 is 2.49 bits per heavy atom. The predicted octanol–water partition coefficient (Wildman–Crippen LogP) is 7.61. The number of hydrogen-bond donors (Lipinski definition) is 1. The van der Waals surface area contributed by atoms with Crippen molar-refractivity contribution in [1.82, 2.24) is 0 Å². The van der Waals surface area contributed by atoms with Gasteiger partial charge in [-0.1, -0.05) is 65.5 Å². The maximum absolute atomic E-state index is 12.5. The van der Waals surface area contributed by atoms with E-state index in [2.05, 4.69) is 40.7 Å². The number of fused-ring (bicyclic) bond motifs is 5. The molecule has 5 nitrogen and oxygen atoms in total. The molecule has 4 aliphatic carbocycles. The molecule has 3 fully saturated rings.